The normalized spacial score (nSPS) is 27.1. The molecule has 1 saturated heterocycles. The molecule has 1 fully saturated rings. The minimum atomic E-state index is -0.787. The first-order valence-corrected chi connectivity index (χ1v) is 5.88. The van der Waals surface area contributed by atoms with Gasteiger partial charge in [-0.3, -0.25) is 4.79 Å². The summed E-state index contributed by atoms with van der Waals surface area (Å²) >= 11 is 0. The molecule has 0 saturated carbocycles. The summed E-state index contributed by atoms with van der Waals surface area (Å²) in [4.78, 5) is 13.2. The number of amides is 1. The van der Waals surface area contributed by atoms with Gasteiger partial charge in [0.2, 0.25) is 5.91 Å². The molecule has 0 bridgehead atoms. The molecular formula is C11H22N2O3. The number of nitrogens with two attached hydrogens (primary N) is 1. The molecule has 1 aliphatic heterocycles. The summed E-state index contributed by atoms with van der Waals surface area (Å²) in [6.45, 7) is 3.24. The van der Waals surface area contributed by atoms with Gasteiger partial charge in [-0.2, -0.15) is 0 Å². The van der Waals surface area contributed by atoms with Gasteiger partial charge in [-0.15, -0.1) is 0 Å². The maximum atomic E-state index is 11.7. The van der Waals surface area contributed by atoms with Crippen molar-refractivity contribution >= 4 is 5.91 Å². The van der Waals surface area contributed by atoms with Crippen molar-refractivity contribution in [2.24, 2.45) is 11.7 Å². The predicted octanol–water partition coefficient (Wildman–Crippen LogP) is -0.684. The van der Waals surface area contributed by atoms with Crippen molar-refractivity contribution in [1.29, 1.82) is 0 Å². The summed E-state index contributed by atoms with van der Waals surface area (Å²) in [5, 5.41) is 18.6. The first kappa shape index (κ1) is 13.4. The lowest BCUT2D eigenvalue weighted by Crippen LogP contribution is -2.30. The topological polar surface area (TPSA) is 86.8 Å². The first-order valence-electron chi connectivity index (χ1n) is 5.88. The molecular weight excluding hydrogens is 208 g/mol. The van der Waals surface area contributed by atoms with Crippen LogP contribution < -0.4 is 5.73 Å². The fourth-order valence-corrected chi connectivity index (χ4v) is 1.93. The van der Waals surface area contributed by atoms with Crippen LogP contribution in [0.25, 0.3) is 0 Å². The van der Waals surface area contributed by atoms with Crippen molar-refractivity contribution in [3.63, 3.8) is 0 Å². The van der Waals surface area contributed by atoms with Crippen molar-refractivity contribution in [1.82, 2.24) is 4.90 Å². The van der Waals surface area contributed by atoms with Crippen LogP contribution in [0, 0.1) is 5.92 Å². The second kappa shape index (κ2) is 6.18. The van der Waals surface area contributed by atoms with E-state index in [2.05, 4.69) is 6.92 Å². The zero-order chi connectivity index (χ0) is 12.1. The van der Waals surface area contributed by atoms with Crippen LogP contribution in [-0.2, 0) is 4.79 Å². The molecule has 3 atom stereocenters. The van der Waals surface area contributed by atoms with Gasteiger partial charge in [0.15, 0.2) is 0 Å². The van der Waals surface area contributed by atoms with E-state index in [1.165, 1.54) is 4.90 Å². The maximum Gasteiger partial charge on any atom is 0.222 e. The Bertz CT molecular complexity index is 225. The number of β-amino-alcohol motifs (C(OH)–C–C–N with tert-alkyl or cyclic N) is 2. The molecule has 0 aromatic heterocycles. The average molecular weight is 230 g/mol. The summed E-state index contributed by atoms with van der Waals surface area (Å²) < 4.78 is 0. The second-order valence-corrected chi connectivity index (χ2v) is 4.65. The number of carbonyl (C=O) groups is 1. The Balaban J connectivity index is 2.25. The molecule has 0 aromatic carbocycles. The van der Waals surface area contributed by atoms with E-state index in [1.54, 1.807) is 0 Å². The number of likely N-dealkylation sites (tertiary alicyclic amines) is 1. The summed E-state index contributed by atoms with van der Waals surface area (Å²) in [5.41, 5.74) is 5.43. The molecule has 5 nitrogen and oxygen atoms in total. The van der Waals surface area contributed by atoms with Crippen LogP contribution in [0.1, 0.15) is 26.2 Å². The number of aliphatic hydroxyl groups is 2. The number of aliphatic hydroxyl groups excluding tert-OH is 2. The van der Waals surface area contributed by atoms with Gasteiger partial charge in [0, 0.05) is 19.5 Å². The van der Waals surface area contributed by atoms with Gasteiger partial charge >= 0.3 is 0 Å². The minimum absolute atomic E-state index is 0.0134. The van der Waals surface area contributed by atoms with E-state index >= 15 is 0 Å². The number of hydrogen-bond donors (Lipinski definition) is 3. The third kappa shape index (κ3) is 3.73. The maximum absolute atomic E-state index is 11.7. The molecule has 0 aliphatic carbocycles. The zero-order valence-corrected chi connectivity index (χ0v) is 9.80. The van der Waals surface area contributed by atoms with Gasteiger partial charge in [0.05, 0.1) is 12.2 Å². The van der Waals surface area contributed by atoms with E-state index in [1.807, 2.05) is 0 Å². The molecule has 1 amide bonds. The van der Waals surface area contributed by atoms with Gasteiger partial charge < -0.3 is 20.8 Å². The van der Waals surface area contributed by atoms with E-state index in [4.69, 9.17) is 5.73 Å². The van der Waals surface area contributed by atoms with Gasteiger partial charge in [0.1, 0.15) is 0 Å². The third-order valence-corrected chi connectivity index (χ3v) is 3.12. The molecule has 1 heterocycles. The second-order valence-electron chi connectivity index (χ2n) is 4.65. The molecule has 0 aromatic rings. The van der Waals surface area contributed by atoms with Gasteiger partial charge in [-0.25, -0.2) is 0 Å². The standard InChI is InChI=1S/C11H22N2O3/c1-8(4-5-12)2-3-11(16)13-6-9(14)10(15)7-13/h8-10,14-15H,2-7,12H2,1H3/t8?,9-,10+. The van der Waals surface area contributed by atoms with Crippen LogP contribution in [-0.4, -0.2) is 52.9 Å². The molecule has 1 aliphatic rings. The number of carbonyl (C=O) groups excluding carboxylic acids is 1. The highest BCUT2D eigenvalue weighted by Gasteiger charge is 2.32. The van der Waals surface area contributed by atoms with E-state index < -0.39 is 12.2 Å². The highest BCUT2D eigenvalue weighted by Crippen LogP contribution is 2.15. The van der Waals surface area contributed by atoms with Crippen molar-refractivity contribution in [2.75, 3.05) is 19.6 Å². The average Bonchev–Trinajstić information content (AvgIpc) is 2.56. The van der Waals surface area contributed by atoms with Gasteiger partial charge in [-0.05, 0) is 25.3 Å². The fourth-order valence-electron chi connectivity index (χ4n) is 1.93. The summed E-state index contributed by atoms with van der Waals surface area (Å²) in [7, 11) is 0. The monoisotopic (exact) mass is 230 g/mol. The molecule has 1 unspecified atom stereocenters. The Labute approximate surface area is 96.2 Å². The number of rotatable bonds is 5. The fraction of sp³-hybridized carbons (Fsp3) is 0.909. The van der Waals surface area contributed by atoms with Crippen molar-refractivity contribution in [3.05, 3.63) is 0 Å². The van der Waals surface area contributed by atoms with Crippen LogP contribution >= 0.6 is 0 Å². The van der Waals surface area contributed by atoms with E-state index in [0.29, 0.717) is 18.9 Å². The van der Waals surface area contributed by atoms with Crippen molar-refractivity contribution in [3.8, 4) is 0 Å². The summed E-state index contributed by atoms with van der Waals surface area (Å²) in [5.74, 6) is 0.464. The van der Waals surface area contributed by atoms with E-state index in [-0.39, 0.29) is 19.0 Å². The lowest BCUT2D eigenvalue weighted by Gasteiger charge is -2.16. The highest BCUT2D eigenvalue weighted by atomic mass is 16.3. The quantitative estimate of drug-likeness (QED) is 0.584. The molecule has 0 spiro atoms. The van der Waals surface area contributed by atoms with Crippen LogP contribution in [0.3, 0.4) is 0 Å². The molecule has 94 valence electrons. The van der Waals surface area contributed by atoms with Gasteiger partial charge in [0.25, 0.3) is 0 Å². The molecule has 16 heavy (non-hydrogen) atoms. The Kier molecular flexibility index (Phi) is 5.18. The van der Waals surface area contributed by atoms with Crippen LogP contribution in [0.2, 0.25) is 0 Å². The number of nitrogens with zero attached hydrogens (tertiary/aromatic N) is 1. The van der Waals surface area contributed by atoms with Gasteiger partial charge in [-0.1, -0.05) is 6.92 Å². The highest BCUT2D eigenvalue weighted by molar-refractivity contribution is 5.76. The summed E-state index contributed by atoms with van der Waals surface area (Å²) in [6, 6.07) is 0. The Morgan fingerprint density at radius 2 is 1.94 bits per heavy atom. The molecule has 5 heteroatoms. The van der Waals surface area contributed by atoms with Crippen LogP contribution in [0.5, 0.6) is 0 Å². The molecule has 0 radical (unpaired) electrons. The van der Waals surface area contributed by atoms with Crippen LogP contribution in [0.4, 0.5) is 0 Å². The third-order valence-electron chi connectivity index (χ3n) is 3.12. The van der Waals surface area contributed by atoms with E-state index in [0.717, 1.165) is 12.8 Å². The van der Waals surface area contributed by atoms with Crippen molar-refractivity contribution in [2.45, 2.75) is 38.4 Å². The first-order chi connectivity index (χ1) is 7.54. The van der Waals surface area contributed by atoms with Crippen molar-refractivity contribution < 1.29 is 15.0 Å². The molecule has 4 N–H and O–H groups in total. The zero-order valence-electron chi connectivity index (χ0n) is 9.80. The lowest BCUT2D eigenvalue weighted by molar-refractivity contribution is -0.131. The number of hydrogen-bond acceptors (Lipinski definition) is 4. The van der Waals surface area contributed by atoms with E-state index in [9.17, 15) is 15.0 Å². The minimum Gasteiger partial charge on any atom is -0.388 e. The largest absolute Gasteiger partial charge is 0.388 e. The summed E-state index contributed by atoms with van der Waals surface area (Å²) in [6.07, 6.45) is 0.647. The smallest absolute Gasteiger partial charge is 0.222 e. The Hall–Kier alpha value is -0.650. The SMILES string of the molecule is CC(CCN)CCC(=O)N1C[C@@H](O)[C@@H](O)C1. The predicted molar refractivity (Wildman–Crippen MR) is 60.7 cm³/mol. The molecule has 1 rings (SSSR count). The Morgan fingerprint density at radius 1 is 1.38 bits per heavy atom. The Morgan fingerprint density at radius 3 is 2.44 bits per heavy atom. The lowest BCUT2D eigenvalue weighted by atomic mass is 10.0. The van der Waals surface area contributed by atoms with Crippen LogP contribution in [0.15, 0.2) is 0 Å².